The molecule has 176 valence electrons. The molecule has 1 amide bonds. The van der Waals surface area contributed by atoms with Gasteiger partial charge >= 0.3 is 0 Å². The molecule has 0 aliphatic carbocycles. The van der Waals surface area contributed by atoms with Gasteiger partial charge < -0.3 is 14.8 Å². The maximum absolute atomic E-state index is 12.5. The molecular weight excluding hydrogens is 398 g/mol. The van der Waals surface area contributed by atoms with E-state index in [9.17, 15) is 4.79 Å². The van der Waals surface area contributed by atoms with Crippen molar-refractivity contribution in [3.8, 4) is 11.5 Å². The van der Waals surface area contributed by atoms with E-state index in [1.54, 1.807) is 0 Å². The van der Waals surface area contributed by atoms with Crippen LogP contribution in [0, 0.1) is 0 Å². The van der Waals surface area contributed by atoms with E-state index in [0.717, 1.165) is 35.8 Å². The van der Waals surface area contributed by atoms with E-state index in [-0.39, 0.29) is 23.3 Å². The van der Waals surface area contributed by atoms with Crippen molar-refractivity contribution in [1.29, 1.82) is 0 Å². The zero-order chi connectivity index (χ0) is 23.8. The monoisotopic (exact) mass is 439 g/mol. The molecule has 1 N–H and O–H groups in total. The normalized spacial score (nSPS) is 11.8. The van der Waals surface area contributed by atoms with Gasteiger partial charge in [0, 0.05) is 5.69 Å². The summed E-state index contributed by atoms with van der Waals surface area (Å²) < 4.78 is 11.7. The number of carbonyl (C=O) groups excluding carboxylic acids is 1. The van der Waals surface area contributed by atoms with E-state index in [2.05, 4.69) is 65.9 Å². The second-order valence-corrected chi connectivity index (χ2v) is 10.5. The standard InChI is InChI=1S/C28H41NO3/c1-8-9-10-11-18-31-23-15-13-22(14-16-23)29-26(30)20-32-25-17-12-21(27(2,3)4)19-24(25)28(5,6)7/h12-17,19H,8-11,18,20H2,1-7H3,(H,29,30). The van der Waals surface area contributed by atoms with Crippen molar-refractivity contribution in [3.05, 3.63) is 53.6 Å². The minimum atomic E-state index is -0.182. The van der Waals surface area contributed by atoms with Crippen molar-refractivity contribution >= 4 is 11.6 Å². The fourth-order valence-electron chi connectivity index (χ4n) is 3.40. The number of ether oxygens (including phenoxy) is 2. The number of hydrogen-bond acceptors (Lipinski definition) is 3. The largest absolute Gasteiger partial charge is 0.494 e. The Morgan fingerprint density at radius 3 is 2.12 bits per heavy atom. The van der Waals surface area contributed by atoms with Crippen molar-refractivity contribution in [2.24, 2.45) is 0 Å². The van der Waals surface area contributed by atoms with Crippen molar-refractivity contribution in [2.45, 2.75) is 85.0 Å². The molecule has 0 atom stereocenters. The van der Waals surface area contributed by atoms with Gasteiger partial charge in [0.05, 0.1) is 6.61 Å². The molecule has 0 bridgehead atoms. The smallest absolute Gasteiger partial charge is 0.262 e. The highest BCUT2D eigenvalue weighted by Crippen LogP contribution is 2.35. The van der Waals surface area contributed by atoms with Crippen LogP contribution in [0.15, 0.2) is 42.5 Å². The summed E-state index contributed by atoms with van der Waals surface area (Å²) in [5.74, 6) is 1.40. The molecule has 2 aromatic rings. The van der Waals surface area contributed by atoms with Crippen LogP contribution < -0.4 is 14.8 Å². The summed E-state index contributed by atoms with van der Waals surface area (Å²) in [7, 11) is 0. The van der Waals surface area contributed by atoms with E-state index in [1.165, 1.54) is 24.8 Å². The summed E-state index contributed by atoms with van der Waals surface area (Å²) in [6.45, 7) is 16.0. The lowest BCUT2D eigenvalue weighted by molar-refractivity contribution is -0.118. The van der Waals surface area contributed by atoms with Crippen molar-refractivity contribution in [2.75, 3.05) is 18.5 Å². The molecule has 0 heterocycles. The topological polar surface area (TPSA) is 47.6 Å². The number of hydrogen-bond donors (Lipinski definition) is 1. The van der Waals surface area contributed by atoms with Gasteiger partial charge in [-0.05, 0) is 58.7 Å². The van der Waals surface area contributed by atoms with Crippen LogP contribution in [-0.4, -0.2) is 19.1 Å². The van der Waals surface area contributed by atoms with Gasteiger partial charge in [0.15, 0.2) is 6.61 Å². The number of carbonyl (C=O) groups is 1. The highest BCUT2D eigenvalue weighted by atomic mass is 16.5. The van der Waals surface area contributed by atoms with Gasteiger partial charge in [-0.15, -0.1) is 0 Å². The molecule has 32 heavy (non-hydrogen) atoms. The molecule has 2 aromatic carbocycles. The van der Waals surface area contributed by atoms with Crippen LogP contribution in [0.1, 0.15) is 85.3 Å². The number of rotatable bonds is 10. The van der Waals surface area contributed by atoms with Crippen molar-refractivity contribution < 1.29 is 14.3 Å². The first-order chi connectivity index (χ1) is 15.0. The van der Waals surface area contributed by atoms with E-state index in [0.29, 0.717) is 0 Å². The second-order valence-electron chi connectivity index (χ2n) is 10.5. The van der Waals surface area contributed by atoms with E-state index >= 15 is 0 Å². The molecule has 0 fully saturated rings. The molecule has 4 nitrogen and oxygen atoms in total. The average Bonchev–Trinajstić information content (AvgIpc) is 2.72. The molecule has 0 aliphatic heterocycles. The Morgan fingerprint density at radius 1 is 0.844 bits per heavy atom. The fourth-order valence-corrected chi connectivity index (χ4v) is 3.40. The first-order valence-corrected chi connectivity index (χ1v) is 11.8. The zero-order valence-corrected chi connectivity index (χ0v) is 21.0. The number of benzene rings is 2. The number of nitrogens with one attached hydrogen (secondary N) is 1. The lowest BCUT2D eigenvalue weighted by Crippen LogP contribution is -2.22. The highest BCUT2D eigenvalue weighted by Gasteiger charge is 2.23. The van der Waals surface area contributed by atoms with Crippen LogP contribution in [0.2, 0.25) is 0 Å². The first kappa shape index (κ1) is 25.8. The number of anilines is 1. The third-order valence-corrected chi connectivity index (χ3v) is 5.42. The maximum Gasteiger partial charge on any atom is 0.262 e. The van der Waals surface area contributed by atoms with Crippen molar-refractivity contribution in [1.82, 2.24) is 0 Å². The number of amides is 1. The third kappa shape index (κ3) is 8.22. The molecule has 0 aliphatic rings. The SMILES string of the molecule is CCCCCCOc1ccc(NC(=O)COc2ccc(C(C)(C)C)cc2C(C)(C)C)cc1. The minimum Gasteiger partial charge on any atom is -0.494 e. The van der Waals surface area contributed by atoms with Crippen LogP contribution >= 0.6 is 0 Å². The van der Waals surface area contributed by atoms with Gasteiger partial charge in [-0.3, -0.25) is 4.79 Å². The van der Waals surface area contributed by atoms with Crippen molar-refractivity contribution in [3.63, 3.8) is 0 Å². The van der Waals surface area contributed by atoms with Crippen LogP contribution in [0.4, 0.5) is 5.69 Å². The Labute approximate surface area is 194 Å². The summed E-state index contributed by atoms with van der Waals surface area (Å²) >= 11 is 0. The van der Waals surface area contributed by atoms with E-state index in [1.807, 2.05) is 30.3 Å². The fraction of sp³-hybridized carbons (Fsp3) is 0.536. The molecule has 0 radical (unpaired) electrons. The first-order valence-electron chi connectivity index (χ1n) is 11.8. The van der Waals surface area contributed by atoms with Gasteiger partial charge in [-0.2, -0.15) is 0 Å². The summed E-state index contributed by atoms with van der Waals surface area (Å²) in [6.07, 6.45) is 4.73. The third-order valence-electron chi connectivity index (χ3n) is 5.42. The molecule has 4 heteroatoms. The zero-order valence-electron chi connectivity index (χ0n) is 21.0. The molecule has 0 aromatic heterocycles. The quantitative estimate of drug-likeness (QED) is 0.396. The van der Waals surface area contributed by atoms with Gasteiger partial charge in [0.1, 0.15) is 11.5 Å². The summed E-state index contributed by atoms with van der Waals surface area (Å²) in [4.78, 5) is 12.5. The van der Waals surface area contributed by atoms with Gasteiger partial charge in [0.2, 0.25) is 0 Å². The lowest BCUT2D eigenvalue weighted by Gasteiger charge is -2.27. The molecule has 2 rings (SSSR count). The van der Waals surface area contributed by atoms with Gasteiger partial charge in [-0.1, -0.05) is 79.9 Å². The van der Waals surface area contributed by atoms with Gasteiger partial charge in [-0.25, -0.2) is 0 Å². The van der Waals surface area contributed by atoms with Crippen LogP contribution in [0.5, 0.6) is 11.5 Å². The lowest BCUT2D eigenvalue weighted by atomic mass is 9.80. The predicted octanol–water partition coefficient (Wildman–Crippen LogP) is 7.26. The van der Waals surface area contributed by atoms with Crippen LogP contribution in [-0.2, 0) is 15.6 Å². The molecule has 0 spiro atoms. The molecule has 0 saturated heterocycles. The second kappa shape index (κ2) is 11.4. The van der Waals surface area contributed by atoms with Crippen LogP contribution in [0.3, 0.4) is 0 Å². The molecule has 0 unspecified atom stereocenters. The Morgan fingerprint density at radius 2 is 1.53 bits per heavy atom. The Balaban J connectivity index is 1.92. The van der Waals surface area contributed by atoms with Gasteiger partial charge in [0.25, 0.3) is 5.91 Å². The molecular formula is C28H41NO3. The van der Waals surface area contributed by atoms with E-state index in [4.69, 9.17) is 9.47 Å². The Bertz CT molecular complexity index is 858. The predicted molar refractivity (Wildman–Crippen MR) is 134 cm³/mol. The highest BCUT2D eigenvalue weighted by molar-refractivity contribution is 5.91. The van der Waals surface area contributed by atoms with Crippen LogP contribution in [0.25, 0.3) is 0 Å². The number of unbranched alkanes of at least 4 members (excludes halogenated alkanes) is 3. The van der Waals surface area contributed by atoms with E-state index < -0.39 is 0 Å². The Kier molecular flexibility index (Phi) is 9.18. The Hall–Kier alpha value is -2.49. The maximum atomic E-state index is 12.5. The summed E-state index contributed by atoms with van der Waals surface area (Å²) in [6, 6.07) is 13.8. The average molecular weight is 440 g/mol. The summed E-state index contributed by atoms with van der Waals surface area (Å²) in [5.41, 5.74) is 3.07. The minimum absolute atomic E-state index is 0.0341. The summed E-state index contributed by atoms with van der Waals surface area (Å²) in [5, 5.41) is 2.90. The molecule has 0 saturated carbocycles.